The van der Waals surface area contributed by atoms with Gasteiger partial charge in [-0.3, -0.25) is 15.1 Å². The van der Waals surface area contributed by atoms with E-state index in [2.05, 4.69) is 15.0 Å². The van der Waals surface area contributed by atoms with Crippen LogP contribution in [0.15, 0.2) is 42.7 Å². The lowest BCUT2D eigenvalue weighted by molar-refractivity contribution is -0.385. The molecule has 0 aliphatic rings. The van der Waals surface area contributed by atoms with Crippen LogP contribution in [0.3, 0.4) is 0 Å². The molecule has 1 heterocycles. The minimum atomic E-state index is -3.03. The van der Waals surface area contributed by atoms with Gasteiger partial charge >= 0.3 is 6.61 Å². The van der Waals surface area contributed by atoms with E-state index in [1.54, 1.807) is 12.1 Å². The second-order valence-electron chi connectivity index (χ2n) is 4.85. The molecule has 0 amide bonds. The molecule has 2 rings (SSSR count). The highest BCUT2D eigenvalue weighted by atomic mass is 19.3. The highest BCUT2D eigenvalue weighted by Crippen LogP contribution is 2.25. The number of alkyl halides is 2. The summed E-state index contributed by atoms with van der Waals surface area (Å²) in [5.74, 6) is -0.151. The number of non-ortho nitro benzene ring substituents is 1. The second-order valence-corrected chi connectivity index (χ2v) is 4.85. The zero-order valence-electron chi connectivity index (χ0n) is 12.4. The summed E-state index contributed by atoms with van der Waals surface area (Å²) in [5, 5.41) is 23.7. The monoisotopic (exact) mass is 339 g/mol. The van der Waals surface area contributed by atoms with Crippen LogP contribution in [0.5, 0.6) is 5.75 Å². The molecule has 0 bridgehead atoms. The Morgan fingerprint density at radius 1 is 1.29 bits per heavy atom. The molecule has 9 heteroatoms. The number of hydrogen-bond acceptors (Lipinski definition) is 6. The molecule has 2 N–H and O–H groups in total. The quantitative estimate of drug-likeness (QED) is 0.566. The zero-order valence-corrected chi connectivity index (χ0v) is 12.4. The molecule has 0 aliphatic heterocycles. The van der Waals surface area contributed by atoms with Crippen LogP contribution < -0.4 is 10.1 Å². The Balaban J connectivity index is 2.04. The first kappa shape index (κ1) is 17.7. The lowest BCUT2D eigenvalue weighted by Gasteiger charge is -2.14. The highest BCUT2D eigenvalue weighted by molar-refractivity contribution is 5.43. The van der Waals surface area contributed by atoms with Gasteiger partial charge in [-0.05, 0) is 23.8 Å². The van der Waals surface area contributed by atoms with Gasteiger partial charge in [0.1, 0.15) is 5.75 Å². The van der Waals surface area contributed by atoms with Crippen molar-refractivity contribution in [3.8, 4) is 5.75 Å². The van der Waals surface area contributed by atoms with E-state index in [-0.39, 0.29) is 30.1 Å². The van der Waals surface area contributed by atoms with E-state index in [0.29, 0.717) is 5.56 Å². The summed E-state index contributed by atoms with van der Waals surface area (Å²) >= 11 is 0. The van der Waals surface area contributed by atoms with Gasteiger partial charge in [-0.2, -0.15) is 8.78 Å². The van der Waals surface area contributed by atoms with Gasteiger partial charge in [0.2, 0.25) is 0 Å². The fourth-order valence-electron chi connectivity index (χ4n) is 2.08. The highest BCUT2D eigenvalue weighted by Gasteiger charge is 2.15. The zero-order chi connectivity index (χ0) is 17.5. The Morgan fingerprint density at radius 3 is 2.62 bits per heavy atom. The molecule has 0 saturated carbocycles. The molecular formula is C15H15F2N3O4. The summed E-state index contributed by atoms with van der Waals surface area (Å²) in [4.78, 5) is 14.0. The summed E-state index contributed by atoms with van der Waals surface area (Å²) in [6, 6.07) is 6.66. The Bertz CT molecular complexity index is 686. The van der Waals surface area contributed by atoms with Crippen molar-refractivity contribution < 1.29 is 23.5 Å². The van der Waals surface area contributed by atoms with Crippen molar-refractivity contribution in [2.45, 2.75) is 19.3 Å². The third kappa shape index (κ3) is 4.93. The maximum Gasteiger partial charge on any atom is 0.387 e. The van der Waals surface area contributed by atoms with Gasteiger partial charge in [0.15, 0.2) is 0 Å². The number of benzene rings is 1. The van der Waals surface area contributed by atoms with Gasteiger partial charge in [0.05, 0.1) is 11.0 Å². The number of halogens is 2. The first-order valence-electron chi connectivity index (χ1n) is 6.98. The molecule has 2 aromatic rings. The number of nitrogens with zero attached hydrogens (tertiary/aromatic N) is 2. The Hall–Kier alpha value is -2.65. The second kappa shape index (κ2) is 8.27. The van der Waals surface area contributed by atoms with Crippen LogP contribution in [0.2, 0.25) is 0 Å². The normalized spacial score (nSPS) is 12.2. The predicted octanol–water partition coefficient (Wildman–Crippen LogP) is 2.41. The number of aliphatic hydroxyl groups is 1. The molecule has 24 heavy (non-hydrogen) atoms. The van der Waals surface area contributed by atoms with Gasteiger partial charge in [0, 0.05) is 43.2 Å². The maximum atomic E-state index is 12.4. The molecule has 1 aromatic heterocycles. The summed E-state index contributed by atoms with van der Waals surface area (Å²) < 4.78 is 29.2. The minimum absolute atomic E-state index is 0.0197. The lowest BCUT2D eigenvalue weighted by Crippen LogP contribution is -2.21. The fraction of sp³-hybridized carbons (Fsp3) is 0.267. The Labute approximate surface area is 136 Å². The van der Waals surface area contributed by atoms with Gasteiger partial charge in [0.25, 0.3) is 5.69 Å². The molecule has 7 nitrogen and oxygen atoms in total. The van der Waals surface area contributed by atoms with Gasteiger partial charge < -0.3 is 15.2 Å². The first-order valence-corrected chi connectivity index (χ1v) is 6.98. The van der Waals surface area contributed by atoms with Crippen LogP contribution in [0.25, 0.3) is 0 Å². The third-order valence-corrected chi connectivity index (χ3v) is 3.21. The topological polar surface area (TPSA) is 97.5 Å². The van der Waals surface area contributed by atoms with Gasteiger partial charge in [-0.15, -0.1) is 0 Å². The van der Waals surface area contributed by atoms with Gasteiger partial charge in [-0.25, -0.2) is 0 Å². The van der Waals surface area contributed by atoms with Crippen LogP contribution in [0.1, 0.15) is 17.2 Å². The number of nitro groups is 1. The SMILES string of the molecule is O=[N+]([O-])c1ccc(OC(F)F)c(CNCC(O)c2ccncc2)c1. The van der Waals surface area contributed by atoms with E-state index >= 15 is 0 Å². The van der Waals surface area contributed by atoms with Crippen molar-refractivity contribution in [2.75, 3.05) is 6.54 Å². The van der Waals surface area contributed by atoms with Crippen molar-refractivity contribution >= 4 is 5.69 Å². The average molecular weight is 339 g/mol. The number of pyridine rings is 1. The largest absolute Gasteiger partial charge is 0.434 e. The number of nitrogens with one attached hydrogen (secondary N) is 1. The molecule has 0 spiro atoms. The smallest absolute Gasteiger partial charge is 0.387 e. The number of hydrogen-bond donors (Lipinski definition) is 2. The third-order valence-electron chi connectivity index (χ3n) is 3.21. The van der Waals surface area contributed by atoms with E-state index in [9.17, 15) is 24.0 Å². The summed E-state index contributed by atoms with van der Waals surface area (Å²) in [6.45, 7) is -2.89. The molecule has 1 unspecified atom stereocenters. The average Bonchev–Trinajstić information content (AvgIpc) is 2.56. The van der Waals surface area contributed by atoms with Crippen molar-refractivity contribution in [1.82, 2.24) is 10.3 Å². The number of aromatic nitrogens is 1. The fourth-order valence-corrected chi connectivity index (χ4v) is 2.08. The molecule has 1 aromatic carbocycles. The molecule has 0 fully saturated rings. The van der Waals surface area contributed by atoms with E-state index < -0.39 is 17.6 Å². The summed E-state index contributed by atoms with van der Waals surface area (Å²) in [6.07, 6.45) is 2.24. The summed E-state index contributed by atoms with van der Waals surface area (Å²) in [7, 11) is 0. The van der Waals surface area contributed by atoms with E-state index in [1.165, 1.54) is 12.4 Å². The van der Waals surface area contributed by atoms with Crippen molar-refractivity contribution in [1.29, 1.82) is 0 Å². The number of nitro benzene ring substituents is 1. The molecule has 1 atom stereocenters. The van der Waals surface area contributed by atoms with E-state index in [0.717, 1.165) is 18.2 Å². The minimum Gasteiger partial charge on any atom is -0.434 e. The molecule has 0 radical (unpaired) electrons. The standard InChI is InChI=1S/C15H15F2N3O4/c16-15(17)24-14-2-1-12(20(22)23)7-11(14)8-19-9-13(21)10-3-5-18-6-4-10/h1-7,13,15,19,21H,8-9H2. The summed E-state index contributed by atoms with van der Waals surface area (Å²) in [5.41, 5.74) is 0.607. The molecule has 128 valence electrons. The number of rotatable bonds is 8. The first-order chi connectivity index (χ1) is 11.5. The Morgan fingerprint density at radius 2 is 2.00 bits per heavy atom. The molecular weight excluding hydrogens is 324 g/mol. The Kier molecular flexibility index (Phi) is 6.10. The van der Waals surface area contributed by atoms with Crippen molar-refractivity contribution in [3.05, 3.63) is 64.0 Å². The molecule has 0 aliphatic carbocycles. The lowest BCUT2D eigenvalue weighted by atomic mass is 10.1. The van der Waals surface area contributed by atoms with Crippen molar-refractivity contribution in [3.63, 3.8) is 0 Å². The van der Waals surface area contributed by atoms with Crippen LogP contribution in [0, 0.1) is 10.1 Å². The maximum absolute atomic E-state index is 12.4. The van der Waals surface area contributed by atoms with Crippen LogP contribution >= 0.6 is 0 Å². The van der Waals surface area contributed by atoms with Gasteiger partial charge in [-0.1, -0.05) is 0 Å². The van der Waals surface area contributed by atoms with E-state index in [4.69, 9.17) is 0 Å². The van der Waals surface area contributed by atoms with E-state index in [1.807, 2.05) is 0 Å². The van der Waals surface area contributed by atoms with Crippen LogP contribution in [-0.4, -0.2) is 28.2 Å². The van der Waals surface area contributed by atoms with Crippen molar-refractivity contribution in [2.24, 2.45) is 0 Å². The predicted molar refractivity (Wildman–Crippen MR) is 80.6 cm³/mol. The number of aliphatic hydroxyl groups excluding tert-OH is 1. The number of ether oxygens (including phenoxy) is 1. The van der Waals surface area contributed by atoms with Crippen LogP contribution in [0.4, 0.5) is 14.5 Å². The van der Waals surface area contributed by atoms with Crippen LogP contribution in [-0.2, 0) is 6.54 Å². The molecule has 0 saturated heterocycles.